The molecule has 2 heterocycles. The van der Waals surface area contributed by atoms with Crippen LogP contribution in [0.15, 0.2) is 0 Å². The molecule has 0 aliphatic carbocycles. The summed E-state index contributed by atoms with van der Waals surface area (Å²) in [5.74, 6) is 0.834. The summed E-state index contributed by atoms with van der Waals surface area (Å²) in [5.41, 5.74) is 0. The summed E-state index contributed by atoms with van der Waals surface area (Å²) >= 11 is 0. The molecule has 6 heteroatoms. The molecule has 1 amide bonds. The van der Waals surface area contributed by atoms with Gasteiger partial charge in [-0.15, -0.1) is 0 Å². The van der Waals surface area contributed by atoms with Crippen LogP contribution in [0.2, 0.25) is 0 Å². The standard InChI is InChI=1S/C15H28N2O3S/c1-3-12-21(19,20)17-10-5-7-14(17)15(18)16-9-4-6-13(2)8-11-16/h13-14H,3-12H2,1-2H3. The lowest BCUT2D eigenvalue weighted by atomic mass is 10.0. The highest BCUT2D eigenvalue weighted by molar-refractivity contribution is 7.89. The highest BCUT2D eigenvalue weighted by Gasteiger charge is 2.40. The molecule has 2 fully saturated rings. The fourth-order valence-electron chi connectivity index (χ4n) is 3.39. The van der Waals surface area contributed by atoms with Gasteiger partial charge in [-0.2, -0.15) is 4.31 Å². The molecular weight excluding hydrogens is 288 g/mol. The van der Waals surface area contributed by atoms with E-state index in [0.29, 0.717) is 25.3 Å². The second-order valence-electron chi connectivity index (χ2n) is 6.45. The van der Waals surface area contributed by atoms with Gasteiger partial charge in [0.15, 0.2) is 0 Å². The van der Waals surface area contributed by atoms with Gasteiger partial charge >= 0.3 is 0 Å². The Balaban J connectivity index is 2.07. The molecule has 0 aromatic rings. The maximum Gasteiger partial charge on any atom is 0.241 e. The van der Waals surface area contributed by atoms with Gasteiger partial charge < -0.3 is 4.90 Å². The first-order chi connectivity index (χ1) is 9.95. The molecule has 0 spiro atoms. The van der Waals surface area contributed by atoms with Crippen LogP contribution in [0.3, 0.4) is 0 Å². The van der Waals surface area contributed by atoms with Crippen LogP contribution in [0.5, 0.6) is 0 Å². The van der Waals surface area contributed by atoms with Crippen molar-refractivity contribution in [1.29, 1.82) is 0 Å². The average Bonchev–Trinajstić information content (AvgIpc) is 2.82. The van der Waals surface area contributed by atoms with E-state index in [9.17, 15) is 13.2 Å². The summed E-state index contributed by atoms with van der Waals surface area (Å²) in [6.45, 7) is 6.14. The lowest BCUT2D eigenvalue weighted by Gasteiger charge is -2.29. The van der Waals surface area contributed by atoms with Crippen molar-refractivity contribution in [3.8, 4) is 0 Å². The first kappa shape index (κ1) is 16.7. The summed E-state index contributed by atoms with van der Waals surface area (Å²) in [5, 5.41) is 0. The molecule has 0 radical (unpaired) electrons. The van der Waals surface area contributed by atoms with Crippen LogP contribution < -0.4 is 0 Å². The third kappa shape index (κ3) is 3.97. The van der Waals surface area contributed by atoms with Gasteiger partial charge in [0, 0.05) is 19.6 Å². The molecule has 21 heavy (non-hydrogen) atoms. The van der Waals surface area contributed by atoms with Crippen molar-refractivity contribution in [3.05, 3.63) is 0 Å². The lowest BCUT2D eigenvalue weighted by Crippen LogP contribution is -2.48. The SMILES string of the molecule is CCCS(=O)(=O)N1CCCC1C(=O)N1CCCC(C)CC1. The first-order valence-electron chi connectivity index (χ1n) is 8.24. The largest absolute Gasteiger partial charge is 0.341 e. The third-order valence-corrected chi connectivity index (χ3v) is 6.71. The quantitative estimate of drug-likeness (QED) is 0.795. The zero-order chi connectivity index (χ0) is 15.5. The number of amides is 1. The monoisotopic (exact) mass is 316 g/mol. The van der Waals surface area contributed by atoms with Crippen LogP contribution >= 0.6 is 0 Å². The predicted molar refractivity (Wildman–Crippen MR) is 83.4 cm³/mol. The smallest absolute Gasteiger partial charge is 0.241 e. The van der Waals surface area contributed by atoms with Crippen molar-refractivity contribution < 1.29 is 13.2 Å². The number of sulfonamides is 1. The maximum absolute atomic E-state index is 12.7. The molecule has 2 saturated heterocycles. The van der Waals surface area contributed by atoms with Crippen molar-refractivity contribution >= 4 is 15.9 Å². The molecule has 2 aliphatic rings. The fraction of sp³-hybridized carbons (Fsp3) is 0.933. The molecule has 0 saturated carbocycles. The van der Waals surface area contributed by atoms with Gasteiger partial charge in [0.2, 0.25) is 15.9 Å². The van der Waals surface area contributed by atoms with Gasteiger partial charge in [-0.05, 0) is 44.4 Å². The van der Waals surface area contributed by atoms with Crippen molar-refractivity contribution in [3.63, 3.8) is 0 Å². The van der Waals surface area contributed by atoms with Crippen LogP contribution in [0.4, 0.5) is 0 Å². The molecule has 0 N–H and O–H groups in total. The Bertz CT molecular complexity index is 464. The molecule has 2 unspecified atom stereocenters. The summed E-state index contributed by atoms with van der Waals surface area (Å²) < 4.78 is 26.1. The molecule has 0 bridgehead atoms. The number of nitrogens with zero attached hydrogens (tertiary/aromatic N) is 2. The van der Waals surface area contributed by atoms with Gasteiger partial charge in [0.05, 0.1) is 5.75 Å². The number of carbonyl (C=O) groups excluding carboxylic acids is 1. The minimum atomic E-state index is -3.28. The van der Waals surface area contributed by atoms with Crippen LogP contribution in [0.25, 0.3) is 0 Å². The highest BCUT2D eigenvalue weighted by Crippen LogP contribution is 2.25. The lowest BCUT2D eigenvalue weighted by molar-refractivity contribution is -0.134. The Kier molecular flexibility index (Phi) is 5.66. The zero-order valence-electron chi connectivity index (χ0n) is 13.3. The van der Waals surface area contributed by atoms with Crippen LogP contribution in [0, 0.1) is 5.92 Å². The normalized spacial score (nSPS) is 28.6. The Morgan fingerprint density at radius 2 is 1.81 bits per heavy atom. The predicted octanol–water partition coefficient (Wildman–Crippen LogP) is 1.84. The Hall–Kier alpha value is -0.620. The molecule has 122 valence electrons. The van der Waals surface area contributed by atoms with Crippen LogP contribution in [0.1, 0.15) is 52.4 Å². The van der Waals surface area contributed by atoms with E-state index < -0.39 is 16.1 Å². The van der Waals surface area contributed by atoms with Crippen molar-refractivity contribution in [2.45, 2.75) is 58.4 Å². The van der Waals surface area contributed by atoms with E-state index >= 15 is 0 Å². The van der Waals surface area contributed by atoms with Crippen molar-refractivity contribution in [2.75, 3.05) is 25.4 Å². The summed E-state index contributed by atoms with van der Waals surface area (Å²) in [6, 6.07) is -0.449. The van der Waals surface area contributed by atoms with Crippen molar-refractivity contribution in [2.24, 2.45) is 5.92 Å². The summed E-state index contributed by atoms with van der Waals surface area (Å²) in [6.07, 6.45) is 5.28. The van der Waals surface area contributed by atoms with Gasteiger partial charge in [0.1, 0.15) is 6.04 Å². The molecule has 5 nitrogen and oxygen atoms in total. The van der Waals surface area contributed by atoms with E-state index in [4.69, 9.17) is 0 Å². The highest BCUT2D eigenvalue weighted by atomic mass is 32.2. The molecular formula is C15H28N2O3S. The number of rotatable bonds is 4. The summed E-state index contributed by atoms with van der Waals surface area (Å²) in [7, 11) is -3.28. The first-order valence-corrected chi connectivity index (χ1v) is 9.85. The molecule has 2 atom stereocenters. The zero-order valence-corrected chi connectivity index (χ0v) is 14.1. The van der Waals surface area contributed by atoms with E-state index in [1.54, 1.807) is 0 Å². The summed E-state index contributed by atoms with van der Waals surface area (Å²) in [4.78, 5) is 14.6. The van der Waals surface area contributed by atoms with Gasteiger partial charge in [-0.3, -0.25) is 4.79 Å². The second-order valence-corrected chi connectivity index (χ2v) is 8.49. The van der Waals surface area contributed by atoms with Crippen molar-refractivity contribution in [1.82, 2.24) is 9.21 Å². The van der Waals surface area contributed by atoms with Crippen LogP contribution in [-0.4, -0.2) is 55.0 Å². The van der Waals surface area contributed by atoms with Crippen LogP contribution in [-0.2, 0) is 14.8 Å². The Morgan fingerprint density at radius 3 is 2.52 bits per heavy atom. The second kappa shape index (κ2) is 7.09. The minimum absolute atomic E-state index is 0.0290. The minimum Gasteiger partial charge on any atom is -0.341 e. The Labute approximate surface area is 128 Å². The molecule has 0 aromatic heterocycles. The topological polar surface area (TPSA) is 57.7 Å². The fourth-order valence-corrected chi connectivity index (χ4v) is 5.13. The van der Waals surface area contributed by atoms with Gasteiger partial charge in [0.25, 0.3) is 0 Å². The van der Waals surface area contributed by atoms with Gasteiger partial charge in [-0.25, -0.2) is 8.42 Å². The number of hydrogen-bond acceptors (Lipinski definition) is 3. The van der Waals surface area contributed by atoms with E-state index in [1.165, 1.54) is 4.31 Å². The van der Waals surface area contributed by atoms with E-state index in [0.717, 1.165) is 38.8 Å². The average molecular weight is 316 g/mol. The number of likely N-dealkylation sites (tertiary alicyclic amines) is 1. The third-order valence-electron chi connectivity index (χ3n) is 4.64. The number of carbonyl (C=O) groups is 1. The molecule has 2 aliphatic heterocycles. The number of hydrogen-bond donors (Lipinski definition) is 0. The molecule has 2 rings (SSSR count). The van der Waals surface area contributed by atoms with E-state index in [-0.39, 0.29) is 11.7 Å². The van der Waals surface area contributed by atoms with E-state index in [2.05, 4.69) is 6.92 Å². The van der Waals surface area contributed by atoms with E-state index in [1.807, 2.05) is 11.8 Å². The van der Waals surface area contributed by atoms with Gasteiger partial charge in [-0.1, -0.05) is 13.8 Å². The molecule has 0 aromatic carbocycles. The maximum atomic E-state index is 12.7. The Morgan fingerprint density at radius 1 is 1.10 bits per heavy atom.